The molecule has 16 heavy (non-hydrogen) atoms. The maximum absolute atomic E-state index is 5.78. The molecule has 90 valence electrons. The van der Waals surface area contributed by atoms with Crippen molar-refractivity contribution in [2.24, 2.45) is 17.8 Å². The van der Waals surface area contributed by atoms with Crippen molar-refractivity contribution in [3.05, 3.63) is 17.5 Å². The van der Waals surface area contributed by atoms with Crippen molar-refractivity contribution in [1.82, 2.24) is 15.1 Å². The molecule has 1 aromatic rings. The SMILES string of the molecule is Cc1c(CN=C(N)NC(C)(C)C)cnn1C. The number of nitrogens with zero attached hydrogens (tertiary/aromatic N) is 3. The van der Waals surface area contributed by atoms with Crippen LogP contribution in [0.3, 0.4) is 0 Å². The zero-order valence-electron chi connectivity index (χ0n) is 10.7. The number of aryl methyl sites for hydroxylation is 1. The molecule has 0 radical (unpaired) electrons. The van der Waals surface area contributed by atoms with Crippen molar-refractivity contribution in [2.75, 3.05) is 0 Å². The molecule has 1 heterocycles. The number of nitrogens with one attached hydrogen (secondary N) is 1. The van der Waals surface area contributed by atoms with Gasteiger partial charge >= 0.3 is 0 Å². The van der Waals surface area contributed by atoms with E-state index in [1.165, 1.54) is 0 Å². The van der Waals surface area contributed by atoms with Crippen LogP contribution < -0.4 is 11.1 Å². The van der Waals surface area contributed by atoms with Gasteiger partial charge in [-0.15, -0.1) is 0 Å². The third-order valence-corrected chi connectivity index (χ3v) is 2.26. The number of hydrogen-bond acceptors (Lipinski definition) is 2. The third kappa shape index (κ3) is 3.56. The fourth-order valence-corrected chi connectivity index (χ4v) is 1.29. The minimum atomic E-state index is -0.0580. The summed E-state index contributed by atoms with van der Waals surface area (Å²) in [7, 11) is 1.92. The molecule has 0 saturated carbocycles. The fourth-order valence-electron chi connectivity index (χ4n) is 1.29. The second-order valence-electron chi connectivity index (χ2n) is 4.96. The van der Waals surface area contributed by atoms with Crippen LogP contribution in [0, 0.1) is 6.92 Å². The van der Waals surface area contributed by atoms with Gasteiger partial charge in [0.2, 0.25) is 0 Å². The van der Waals surface area contributed by atoms with Crippen LogP contribution >= 0.6 is 0 Å². The summed E-state index contributed by atoms with van der Waals surface area (Å²) in [4.78, 5) is 4.28. The first-order valence-electron chi connectivity index (χ1n) is 5.35. The van der Waals surface area contributed by atoms with Crippen molar-refractivity contribution in [3.8, 4) is 0 Å². The lowest BCUT2D eigenvalue weighted by atomic mass is 10.1. The van der Waals surface area contributed by atoms with E-state index in [1.54, 1.807) is 0 Å². The number of aromatic nitrogens is 2. The number of guanidine groups is 1. The highest BCUT2D eigenvalue weighted by atomic mass is 15.3. The first kappa shape index (κ1) is 12.5. The lowest BCUT2D eigenvalue weighted by molar-refractivity contribution is 0.508. The molecule has 0 spiro atoms. The average molecular weight is 223 g/mol. The molecule has 3 N–H and O–H groups in total. The predicted octanol–water partition coefficient (Wildman–Crippen LogP) is 0.931. The quantitative estimate of drug-likeness (QED) is 0.579. The number of nitrogens with two attached hydrogens (primary N) is 1. The van der Waals surface area contributed by atoms with Crippen LogP contribution in [-0.2, 0) is 13.6 Å². The molecule has 0 fully saturated rings. The van der Waals surface area contributed by atoms with E-state index in [1.807, 2.05) is 45.6 Å². The maximum atomic E-state index is 5.78. The van der Waals surface area contributed by atoms with E-state index in [2.05, 4.69) is 15.4 Å². The Labute approximate surface area is 96.7 Å². The van der Waals surface area contributed by atoms with Crippen LogP contribution in [0.25, 0.3) is 0 Å². The molecule has 1 rings (SSSR count). The molecule has 0 bridgehead atoms. The lowest BCUT2D eigenvalue weighted by Crippen LogP contribution is -2.44. The zero-order valence-corrected chi connectivity index (χ0v) is 10.7. The van der Waals surface area contributed by atoms with Gasteiger partial charge in [0.25, 0.3) is 0 Å². The minimum Gasteiger partial charge on any atom is -0.370 e. The first-order chi connectivity index (χ1) is 7.29. The van der Waals surface area contributed by atoms with Crippen molar-refractivity contribution in [2.45, 2.75) is 39.8 Å². The Kier molecular flexibility index (Phi) is 3.57. The molecule has 5 nitrogen and oxygen atoms in total. The van der Waals surface area contributed by atoms with Gasteiger partial charge in [-0.1, -0.05) is 0 Å². The van der Waals surface area contributed by atoms with Gasteiger partial charge in [0, 0.05) is 23.8 Å². The Morgan fingerprint density at radius 2 is 2.19 bits per heavy atom. The topological polar surface area (TPSA) is 68.2 Å². The van der Waals surface area contributed by atoms with Gasteiger partial charge in [-0.3, -0.25) is 4.68 Å². The van der Waals surface area contributed by atoms with Crippen LogP contribution in [0.4, 0.5) is 0 Å². The monoisotopic (exact) mass is 223 g/mol. The second-order valence-corrected chi connectivity index (χ2v) is 4.96. The molecule has 0 atom stereocenters. The van der Waals surface area contributed by atoms with Crippen molar-refractivity contribution in [1.29, 1.82) is 0 Å². The van der Waals surface area contributed by atoms with E-state index >= 15 is 0 Å². The van der Waals surface area contributed by atoms with E-state index in [0.29, 0.717) is 12.5 Å². The van der Waals surface area contributed by atoms with E-state index in [-0.39, 0.29) is 5.54 Å². The van der Waals surface area contributed by atoms with Gasteiger partial charge in [-0.2, -0.15) is 5.10 Å². The Bertz CT molecular complexity index is 384. The molecule has 0 aliphatic carbocycles. The largest absolute Gasteiger partial charge is 0.370 e. The van der Waals surface area contributed by atoms with Gasteiger partial charge < -0.3 is 11.1 Å². The summed E-state index contributed by atoms with van der Waals surface area (Å²) in [6, 6.07) is 0. The van der Waals surface area contributed by atoms with Crippen LogP contribution in [0.2, 0.25) is 0 Å². The molecule has 0 aliphatic heterocycles. The smallest absolute Gasteiger partial charge is 0.189 e. The molecule has 0 aliphatic rings. The van der Waals surface area contributed by atoms with Crippen LogP contribution in [0.1, 0.15) is 32.0 Å². The third-order valence-electron chi connectivity index (χ3n) is 2.26. The van der Waals surface area contributed by atoms with E-state index in [4.69, 9.17) is 5.73 Å². The van der Waals surface area contributed by atoms with Gasteiger partial charge in [-0.05, 0) is 27.7 Å². The highest BCUT2D eigenvalue weighted by Crippen LogP contribution is 2.06. The molecule has 0 unspecified atom stereocenters. The Morgan fingerprint density at radius 3 is 2.62 bits per heavy atom. The minimum absolute atomic E-state index is 0.0580. The summed E-state index contributed by atoms with van der Waals surface area (Å²) in [5, 5.41) is 7.27. The van der Waals surface area contributed by atoms with E-state index in [9.17, 15) is 0 Å². The highest BCUT2D eigenvalue weighted by Gasteiger charge is 2.10. The normalized spacial score (nSPS) is 12.9. The molecule has 0 amide bonds. The molecular formula is C11H21N5. The lowest BCUT2D eigenvalue weighted by Gasteiger charge is -2.20. The van der Waals surface area contributed by atoms with Gasteiger partial charge in [0.15, 0.2) is 5.96 Å². The summed E-state index contributed by atoms with van der Waals surface area (Å²) < 4.78 is 1.83. The molecule has 0 aromatic carbocycles. The van der Waals surface area contributed by atoms with Gasteiger partial charge in [-0.25, -0.2) is 4.99 Å². The molecule has 1 aromatic heterocycles. The Hall–Kier alpha value is -1.52. The van der Waals surface area contributed by atoms with Crippen molar-refractivity contribution >= 4 is 5.96 Å². The average Bonchev–Trinajstić information content (AvgIpc) is 2.42. The standard InChI is InChI=1S/C11H21N5/c1-8-9(7-14-16(8)5)6-13-10(12)15-11(2,3)4/h7H,6H2,1-5H3,(H3,12,13,15). The molecule has 5 heteroatoms. The van der Waals surface area contributed by atoms with E-state index < -0.39 is 0 Å². The van der Waals surface area contributed by atoms with Crippen LogP contribution in [0.5, 0.6) is 0 Å². The Morgan fingerprint density at radius 1 is 1.56 bits per heavy atom. The summed E-state index contributed by atoms with van der Waals surface area (Å²) in [5.74, 6) is 0.468. The summed E-state index contributed by atoms with van der Waals surface area (Å²) in [6.07, 6.45) is 1.82. The first-order valence-corrected chi connectivity index (χ1v) is 5.35. The fraction of sp³-hybridized carbons (Fsp3) is 0.636. The van der Waals surface area contributed by atoms with Crippen LogP contribution in [-0.4, -0.2) is 21.3 Å². The predicted molar refractivity (Wildman–Crippen MR) is 66.2 cm³/mol. The summed E-state index contributed by atoms with van der Waals surface area (Å²) in [6.45, 7) is 8.72. The number of rotatable bonds is 2. The van der Waals surface area contributed by atoms with Crippen molar-refractivity contribution < 1.29 is 0 Å². The zero-order chi connectivity index (χ0) is 12.3. The van der Waals surface area contributed by atoms with Gasteiger partial charge in [0.05, 0.1) is 12.7 Å². The molecule has 0 saturated heterocycles. The van der Waals surface area contributed by atoms with Crippen LogP contribution in [0.15, 0.2) is 11.2 Å². The Balaban J connectivity index is 2.63. The molecular weight excluding hydrogens is 202 g/mol. The summed E-state index contributed by atoms with van der Waals surface area (Å²) in [5.41, 5.74) is 7.93. The number of hydrogen-bond donors (Lipinski definition) is 2. The maximum Gasteiger partial charge on any atom is 0.189 e. The van der Waals surface area contributed by atoms with Gasteiger partial charge in [0.1, 0.15) is 0 Å². The highest BCUT2D eigenvalue weighted by molar-refractivity contribution is 5.78. The van der Waals surface area contributed by atoms with E-state index in [0.717, 1.165) is 11.3 Å². The second kappa shape index (κ2) is 4.55. The summed E-state index contributed by atoms with van der Waals surface area (Å²) >= 11 is 0. The van der Waals surface area contributed by atoms with Crippen molar-refractivity contribution in [3.63, 3.8) is 0 Å². The number of aliphatic imine (C=N–C) groups is 1.